The minimum absolute atomic E-state index is 0.000000000000000666. The molecular formula is C7H11NO2. The van der Waals surface area contributed by atoms with Gasteiger partial charge in [0.1, 0.15) is 11.2 Å². The Bertz CT molecular complexity index is 182. The number of nitrogens with two attached hydrogens (primary N) is 1. The number of ketones is 1. The van der Waals surface area contributed by atoms with Crippen LogP contribution < -0.4 is 5.73 Å². The molecule has 0 spiro atoms. The van der Waals surface area contributed by atoms with E-state index in [1.165, 1.54) is 0 Å². The molecule has 0 aliphatic heterocycles. The third kappa shape index (κ3) is 0.818. The van der Waals surface area contributed by atoms with Crippen molar-refractivity contribution in [3.63, 3.8) is 0 Å². The first-order valence-electron chi connectivity index (χ1n) is 3.46. The number of hydrogen-bond donors (Lipinski definition) is 1. The molecule has 0 saturated heterocycles. The lowest BCUT2D eigenvalue weighted by Crippen LogP contribution is -2.31. The predicted molar refractivity (Wildman–Crippen MR) is 36.2 cm³/mol. The van der Waals surface area contributed by atoms with Crippen molar-refractivity contribution in [2.24, 2.45) is 11.1 Å². The van der Waals surface area contributed by atoms with Gasteiger partial charge in [-0.2, -0.15) is 0 Å². The summed E-state index contributed by atoms with van der Waals surface area (Å²) in [5.74, 6) is -0.445. The Morgan fingerprint density at radius 1 is 1.50 bits per heavy atom. The normalized spacial score (nSPS) is 20.1. The highest BCUT2D eigenvalue weighted by Crippen LogP contribution is 2.46. The fourth-order valence-corrected chi connectivity index (χ4v) is 1.13. The van der Waals surface area contributed by atoms with Crippen molar-refractivity contribution in [1.82, 2.24) is 0 Å². The summed E-state index contributed by atoms with van der Waals surface area (Å²) < 4.78 is 0. The summed E-state index contributed by atoms with van der Waals surface area (Å²) in [6, 6.07) is 0. The number of amides is 1. The molecule has 1 aliphatic rings. The Hall–Kier alpha value is -0.860. The zero-order valence-corrected chi connectivity index (χ0v) is 6.02. The molecule has 1 rings (SSSR count). The Morgan fingerprint density at radius 2 is 2.00 bits per heavy atom. The second-order valence-corrected chi connectivity index (χ2v) is 2.72. The highest BCUT2D eigenvalue weighted by molar-refractivity contribution is 6.08. The van der Waals surface area contributed by atoms with Crippen molar-refractivity contribution in [3.8, 4) is 0 Å². The van der Waals surface area contributed by atoms with Crippen LogP contribution in [0.25, 0.3) is 0 Å². The number of carbonyl (C=O) groups excluding carboxylic acids is 2. The number of Topliss-reactive ketones (excluding diaryl/α,β-unsaturated/α-hetero) is 1. The molecule has 1 amide bonds. The van der Waals surface area contributed by atoms with Gasteiger partial charge in [0.2, 0.25) is 5.91 Å². The van der Waals surface area contributed by atoms with Gasteiger partial charge in [-0.15, -0.1) is 0 Å². The van der Waals surface area contributed by atoms with Crippen molar-refractivity contribution in [2.75, 3.05) is 0 Å². The molecule has 10 heavy (non-hydrogen) atoms. The van der Waals surface area contributed by atoms with Gasteiger partial charge in [-0.05, 0) is 12.8 Å². The average molecular weight is 141 g/mol. The second kappa shape index (κ2) is 2.08. The molecule has 0 aromatic rings. The molecule has 0 heterocycles. The number of rotatable bonds is 3. The van der Waals surface area contributed by atoms with Crippen LogP contribution in [-0.4, -0.2) is 11.7 Å². The Morgan fingerprint density at radius 3 is 2.10 bits per heavy atom. The van der Waals surface area contributed by atoms with Gasteiger partial charge in [0, 0.05) is 6.42 Å². The van der Waals surface area contributed by atoms with E-state index in [0.29, 0.717) is 19.3 Å². The molecule has 0 radical (unpaired) electrons. The molecule has 0 bridgehead atoms. The molecule has 3 heteroatoms. The van der Waals surface area contributed by atoms with E-state index >= 15 is 0 Å². The average Bonchev–Trinajstić information content (AvgIpc) is 2.65. The minimum Gasteiger partial charge on any atom is -0.369 e. The van der Waals surface area contributed by atoms with Crippen molar-refractivity contribution in [1.29, 1.82) is 0 Å². The summed E-state index contributed by atoms with van der Waals surface area (Å²) in [7, 11) is 0. The zero-order chi connectivity index (χ0) is 7.78. The molecule has 0 atom stereocenters. The van der Waals surface area contributed by atoms with Gasteiger partial charge in [0.05, 0.1) is 0 Å². The van der Waals surface area contributed by atoms with E-state index < -0.39 is 11.3 Å². The van der Waals surface area contributed by atoms with Crippen LogP contribution >= 0.6 is 0 Å². The molecule has 56 valence electrons. The fourth-order valence-electron chi connectivity index (χ4n) is 1.13. The summed E-state index contributed by atoms with van der Waals surface area (Å²) in [5, 5.41) is 0. The van der Waals surface area contributed by atoms with Crippen LogP contribution in [0.2, 0.25) is 0 Å². The van der Waals surface area contributed by atoms with Crippen LogP contribution in [0.1, 0.15) is 26.2 Å². The van der Waals surface area contributed by atoms with E-state index in [0.717, 1.165) is 0 Å². The monoisotopic (exact) mass is 141 g/mol. The van der Waals surface area contributed by atoms with E-state index in [1.54, 1.807) is 6.92 Å². The molecule has 1 aliphatic carbocycles. The lowest BCUT2D eigenvalue weighted by atomic mass is 9.99. The topological polar surface area (TPSA) is 60.2 Å². The lowest BCUT2D eigenvalue weighted by Gasteiger charge is -2.05. The number of primary amides is 1. The maximum Gasteiger partial charge on any atom is 0.231 e. The van der Waals surface area contributed by atoms with Crippen molar-refractivity contribution in [3.05, 3.63) is 0 Å². The molecule has 0 aromatic carbocycles. The molecular weight excluding hydrogens is 130 g/mol. The Labute approximate surface area is 59.6 Å². The molecule has 0 unspecified atom stereocenters. The first-order chi connectivity index (χ1) is 4.63. The summed E-state index contributed by atoms with van der Waals surface area (Å²) in [4.78, 5) is 21.7. The maximum absolute atomic E-state index is 11.0. The predicted octanol–water partition coefficient (Wildman–Crippen LogP) is 0.231. The van der Waals surface area contributed by atoms with E-state index in [-0.39, 0.29) is 5.78 Å². The summed E-state index contributed by atoms with van der Waals surface area (Å²) in [5.41, 5.74) is 4.31. The smallest absolute Gasteiger partial charge is 0.231 e. The molecule has 2 N–H and O–H groups in total. The first kappa shape index (κ1) is 7.25. The summed E-state index contributed by atoms with van der Waals surface area (Å²) in [6.45, 7) is 1.76. The van der Waals surface area contributed by atoms with Crippen LogP contribution in [-0.2, 0) is 9.59 Å². The van der Waals surface area contributed by atoms with Crippen molar-refractivity contribution >= 4 is 11.7 Å². The largest absolute Gasteiger partial charge is 0.369 e. The van der Waals surface area contributed by atoms with E-state index in [2.05, 4.69) is 0 Å². The van der Waals surface area contributed by atoms with Gasteiger partial charge < -0.3 is 5.73 Å². The fraction of sp³-hybridized carbons (Fsp3) is 0.714. The quantitative estimate of drug-likeness (QED) is 0.572. The van der Waals surface area contributed by atoms with Gasteiger partial charge in [0.25, 0.3) is 0 Å². The van der Waals surface area contributed by atoms with Crippen molar-refractivity contribution < 1.29 is 9.59 Å². The minimum atomic E-state index is -0.741. The third-order valence-corrected chi connectivity index (χ3v) is 2.08. The van der Waals surface area contributed by atoms with Crippen LogP contribution in [0.5, 0.6) is 0 Å². The molecule has 3 nitrogen and oxygen atoms in total. The third-order valence-electron chi connectivity index (χ3n) is 2.08. The van der Waals surface area contributed by atoms with E-state index in [9.17, 15) is 9.59 Å². The molecule has 1 saturated carbocycles. The SMILES string of the molecule is CCC(=O)C1(C(N)=O)CC1. The van der Waals surface area contributed by atoms with Gasteiger partial charge in [-0.3, -0.25) is 9.59 Å². The summed E-state index contributed by atoms with van der Waals surface area (Å²) >= 11 is 0. The van der Waals surface area contributed by atoms with Gasteiger partial charge in [-0.1, -0.05) is 6.92 Å². The Balaban J connectivity index is 2.69. The van der Waals surface area contributed by atoms with Gasteiger partial charge in [-0.25, -0.2) is 0 Å². The van der Waals surface area contributed by atoms with Gasteiger partial charge >= 0.3 is 0 Å². The van der Waals surface area contributed by atoms with Crippen LogP contribution in [0.15, 0.2) is 0 Å². The van der Waals surface area contributed by atoms with E-state index in [4.69, 9.17) is 5.73 Å². The standard InChI is InChI=1S/C7H11NO2/c1-2-5(9)7(3-4-7)6(8)10/h2-4H2,1H3,(H2,8,10). The zero-order valence-electron chi connectivity index (χ0n) is 6.02. The lowest BCUT2D eigenvalue weighted by molar-refractivity contribution is -0.133. The van der Waals surface area contributed by atoms with Crippen molar-refractivity contribution in [2.45, 2.75) is 26.2 Å². The molecule has 0 aromatic heterocycles. The highest BCUT2D eigenvalue weighted by atomic mass is 16.2. The van der Waals surface area contributed by atoms with Crippen LogP contribution in [0, 0.1) is 5.41 Å². The second-order valence-electron chi connectivity index (χ2n) is 2.72. The number of hydrogen-bond acceptors (Lipinski definition) is 2. The summed E-state index contributed by atoms with van der Waals surface area (Å²) in [6.07, 6.45) is 1.74. The van der Waals surface area contributed by atoms with Gasteiger partial charge in [0.15, 0.2) is 0 Å². The van der Waals surface area contributed by atoms with Crippen LogP contribution in [0.4, 0.5) is 0 Å². The molecule has 1 fully saturated rings. The van der Waals surface area contributed by atoms with Crippen LogP contribution in [0.3, 0.4) is 0 Å². The van der Waals surface area contributed by atoms with E-state index in [1.807, 2.05) is 0 Å². The highest BCUT2D eigenvalue weighted by Gasteiger charge is 2.53. The maximum atomic E-state index is 11.0. The Kier molecular flexibility index (Phi) is 1.50. The number of carbonyl (C=O) groups is 2. The first-order valence-corrected chi connectivity index (χ1v) is 3.46.